The second kappa shape index (κ2) is 9.21. The molecule has 2 fully saturated rings. The van der Waals surface area contributed by atoms with Crippen molar-refractivity contribution in [2.45, 2.75) is 30.7 Å². The van der Waals surface area contributed by atoms with Crippen molar-refractivity contribution in [1.82, 2.24) is 9.62 Å². The minimum atomic E-state index is -3.67. The van der Waals surface area contributed by atoms with Crippen LogP contribution in [0.2, 0.25) is 0 Å². The summed E-state index contributed by atoms with van der Waals surface area (Å²) in [6.45, 7) is 5.37. The molecule has 8 nitrogen and oxygen atoms in total. The van der Waals surface area contributed by atoms with E-state index in [4.69, 9.17) is 9.47 Å². The lowest BCUT2D eigenvalue weighted by molar-refractivity contribution is 0.0730. The minimum absolute atomic E-state index is 0.141. The molecular formula is C19H29N3O5S. The zero-order chi connectivity index (χ0) is 20.1. The quantitative estimate of drug-likeness (QED) is 0.722. The molecule has 0 aromatic heterocycles. The van der Waals surface area contributed by atoms with E-state index in [1.807, 2.05) is 6.92 Å². The van der Waals surface area contributed by atoms with Crippen molar-refractivity contribution >= 4 is 21.6 Å². The van der Waals surface area contributed by atoms with Crippen molar-refractivity contribution in [3.05, 3.63) is 23.8 Å². The van der Waals surface area contributed by atoms with Crippen molar-refractivity contribution in [1.29, 1.82) is 0 Å². The Morgan fingerprint density at radius 1 is 1.21 bits per heavy atom. The summed E-state index contributed by atoms with van der Waals surface area (Å²) in [6, 6.07) is 4.69. The number of morpholine rings is 1. The largest absolute Gasteiger partial charge is 0.383 e. The first kappa shape index (κ1) is 21.0. The van der Waals surface area contributed by atoms with Gasteiger partial charge < -0.3 is 19.7 Å². The molecule has 2 aliphatic heterocycles. The average Bonchev–Trinajstić information content (AvgIpc) is 3.23. The van der Waals surface area contributed by atoms with Crippen LogP contribution in [0.3, 0.4) is 0 Å². The third-order valence-electron chi connectivity index (χ3n) is 5.06. The zero-order valence-corrected chi connectivity index (χ0v) is 17.3. The van der Waals surface area contributed by atoms with E-state index in [0.29, 0.717) is 38.5 Å². The summed E-state index contributed by atoms with van der Waals surface area (Å²) in [5.41, 5.74) is 1.17. The number of carbonyl (C=O) groups excluding carboxylic acids is 1. The first-order valence-corrected chi connectivity index (χ1v) is 11.1. The Kier molecular flexibility index (Phi) is 6.92. The first-order valence-electron chi connectivity index (χ1n) is 9.70. The van der Waals surface area contributed by atoms with E-state index in [-0.39, 0.29) is 16.8 Å². The SMILES string of the molecule is COCC(C)NC(=O)c1cc(S(=O)(=O)N2CCOCC2)ccc1N1CCCC1. The number of rotatable bonds is 7. The molecule has 1 atom stereocenters. The maximum atomic E-state index is 13.0. The van der Waals surface area contributed by atoms with Crippen LogP contribution in [-0.2, 0) is 19.5 Å². The highest BCUT2D eigenvalue weighted by Crippen LogP contribution is 2.29. The van der Waals surface area contributed by atoms with Gasteiger partial charge in [-0.1, -0.05) is 0 Å². The number of methoxy groups -OCH3 is 1. The van der Waals surface area contributed by atoms with Crippen molar-refractivity contribution in [2.24, 2.45) is 0 Å². The summed E-state index contributed by atoms with van der Waals surface area (Å²) in [5.74, 6) is -0.287. The molecule has 0 bridgehead atoms. The predicted molar refractivity (Wildman–Crippen MR) is 106 cm³/mol. The van der Waals surface area contributed by atoms with Crippen molar-refractivity contribution in [3.8, 4) is 0 Å². The molecule has 2 aliphatic rings. The molecule has 0 radical (unpaired) electrons. The molecule has 3 rings (SSSR count). The highest BCUT2D eigenvalue weighted by atomic mass is 32.2. The van der Waals surface area contributed by atoms with Crippen LogP contribution in [0, 0.1) is 0 Å². The van der Waals surface area contributed by atoms with Gasteiger partial charge >= 0.3 is 0 Å². The number of hydrogen-bond acceptors (Lipinski definition) is 6. The number of nitrogens with one attached hydrogen (secondary N) is 1. The Balaban J connectivity index is 1.93. The summed E-state index contributed by atoms with van der Waals surface area (Å²) in [5, 5.41) is 2.90. The molecule has 0 aliphatic carbocycles. The number of nitrogens with zero attached hydrogens (tertiary/aromatic N) is 2. The summed E-state index contributed by atoms with van der Waals surface area (Å²) in [7, 11) is -2.09. The maximum absolute atomic E-state index is 13.0. The molecule has 1 aromatic rings. The third-order valence-corrected chi connectivity index (χ3v) is 6.96. The van der Waals surface area contributed by atoms with E-state index in [2.05, 4.69) is 10.2 Å². The van der Waals surface area contributed by atoms with E-state index >= 15 is 0 Å². The van der Waals surface area contributed by atoms with Crippen LogP contribution in [0.5, 0.6) is 0 Å². The van der Waals surface area contributed by atoms with Gasteiger partial charge in [0.2, 0.25) is 10.0 Å². The molecule has 156 valence electrons. The molecule has 2 heterocycles. The monoisotopic (exact) mass is 411 g/mol. The normalized spacial score (nSPS) is 19.6. The zero-order valence-electron chi connectivity index (χ0n) is 16.5. The number of sulfonamides is 1. The van der Waals surface area contributed by atoms with Gasteiger partial charge in [-0.15, -0.1) is 0 Å². The lowest BCUT2D eigenvalue weighted by Crippen LogP contribution is -2.41. The topological polar surface area (TPSA) is 88.2 Å². The lowest BCUT2D eigenvalue weighted by atomic mass is 10.1. The molecule has 0 spiro atoms. The van der Waals surface area contributed by atoms with Crippen LogP contribution in [0.1, 0.15) is 30.1 Å². The molecule has 2 saturated heterocycles. The molecule has 0 saturated carbocycles. The molecule has 28 heavy (non-hydrogen) atoms. The number of benzene rings is 1. The van der Waals surface area contributed by atoms with Crippen LogP contribution < -0.4 is 10.2 Å². The Bertz CT molecular complexity index is 787. The maximum Gasteiger partial charge on any atom is 0.253 e. The number of hydrogen-bond donors (Lipinski definition) is 1. The molecule has 1 amide bonds. The Hall–Kier alpha value is -1.68. The molecular weight excluding hydrogens is 382 g/mol. The fraction of sp³-hybridized carbons (Fsp3) is 0.632. The molecule has 1 aromatic carbocycles. The van der Waals surface area contributed by atoms with Crippen LogP contribution in [-0.4, -0.2) is 77.8 Å². The van der Waals surface area contributed by atoms with Crippen LogP contribution >= 0.6 is 0 Å². The first-order chi connectivity index (χ1) is 13.4. The average molecular weight is 412 g/mol. The Morgan fingerprint density at radius 3 is 2.54 bits per heavy atom. The third kappa shape index (κ3) is 4.65. The fourth-order valence-corrected chi connectivity index (χ4v) is 5.06. The van der Waals surface area contributed by atoms with Crippen LogP contribution in [0.4, 0.5) is 5.69 Å². The van der Waals surface area contributed by atoms with E-state index < -0.39 is 10.0 Å². The Labute approximate surface area is 166 Å². The van der Waals surface area contributed by atoms with E-state index in [0.717, 1.165) is 31.6 Å². The second-order valence-electron chi connectivity index (χ2n) is 7.22. The lowest BCUT2D eigenvalue weighted by Gasteiger charge is -2.27. The van der Waals surface area contributed by atoms with Gasteiger partial charge in [-0.2, -0.15) is 4.31 Å². The Morgan fingerprint density at radius 2 is 1.89 bits per heavy atom. The summed E-state index contributed by atoms with van der Waals surface area (Å²) in [6.07, 6.45) is 2.13. The van der Waals surface area contributed by atoms with Crippen LogP contribution in [0.15, 0.2) is 23.1 Å². The van der Waals surface area contributed by atoms with Gasteiger partial charge in [-0.25, -0.2) is 8.42 Å². The van der Waals surface area contributed by atoms with Crippen molar-refractivity contribution < 1.29 is 22.7 Å². The smallest absolute Gasteiger partial charge is 0.253 e. The van der Waals surface area contributed by atoms with Gasteiger partial charge in [0, 0.05) is 45.0 Å². The van der Waals surface area contributed by atoms with E-state index in [9.17, 15) is 13.2 Å². The predicted octanol–water partition coefficient (Wildman–Crippen LogP) is 1.07. The van der Waals surface area contributed by atoms with Gasteiger partial charge in [0.1, 0.15) is 0 Å². The number of carbonyl (C=O) groups is 1. The van der Waals surface area contributed by atoms with Gasteiger partial charge in [-0.3, -0.25) is 4.79 Å². The highest BCUT2D eigenvalue weighted by molar-refractivity contribution is 7.89. The summed E-state index contributed by atoms with van der Waals surface area (Å²) < 4.78 is 37.8. The minimum Gasteiger partial charge on any atom is -0.383 e. The van der Waals surface area contributed by atoms with Crippen molar-refractivity contribution in [3.63, 3.8) is 0 Å². The van der Waals surface area contributed by atoms with Gasteiger partial charge in [0.05, 0.1) is 30.3 Å². The molecule has 1 N–H and O–H groups in total. The van der Waals surface area contributed by atoms with Gasteiger partial charge in [0.25, 0.3) is 5.91 Å². The summed E-state index contributed by atoms with van der Waals surface area (Å²) in [4.78, 5) is 15.2. The summed E-state index contributed by atoms with van der Waals surface area (Å²) >= 11 is 0. The highest BCUT2D eigenvalue weighted by Gasteiger charge is 2.29. The fourth-order valence-electron chi connectivity index (χ4n) is 3.62. The van der Waals surface area contributed by atoms with Gasteiger partial charge in [-0.05, 0) is 38.0 Å². The van der Waals surface area contributed by atoms with E-state index in [1.165, 1.54) is 10.4 Å². The molecule has 1 unspecified atom stereocenters. The second-order valence-corrected chi connectivity index (χ2v) is 9.16. The number of amides is 1. The number of anilines is 1. The molecule has 9 heteroatoms. The number of ether oxygens (including phenoxy) is 2. The van der Waals surface area contributed by atoms with Crippen molar-refractivity contribution in [2.75, 3.05) is 58.0 Å². The standard InChI is InChI=1S/C19H29N3O5S/c1-15(14-26-2)20-19(23)17-13-16(5-6-18(17)21-7-3-4-8-21)28(24,25)22-9-11-27-12-10-22/h5-6,13,15H,3-4,7-12,14H2,1-2H3,(H,20,23). The van der Waals surface area contributed by atoms with Crippen LogP contribution in [0.25, 0.3) is 0 Å². The van der Waals surface area contributed by atoms with Gasteiger partial charge in [0.15, 0.2) is 0 Å². The van der Waals surface area contributed by atoms with E-state index in [1.54, 1.807) is 19.2 Å².